The molecule has 4 heteroatoms. The van der Waals surface area contributed by atoms with Crippen molar-refractivity contribution < 1.29 is 14.3 Å². The number of rotatable bonds is 6. The van der Waals surface area contributed by atoms with Gasteiger partial charge in [-0.2, -0.15) is 0 Å². The van der Waals surface area contributed by atoms with Crippen molar-refractivity contribution in [1.29, 1.82) is 0 Å². The van der Waals surface area contributed by atoms with Gasteiger partial charge in [-0.3, -0.25) is 4.79 Å². The van der Waals surface area contributed by atoms with Crippen LogP contribution in [0.3, 0.4) is 0 Å². The summed E-state index contributed by atoms with van der Waals surface area (Å²) < 4.78 is 11.0. The fourth-order valence-corrected chi connectivity index (χ4v) is 2.61. The van der Waals surface area contributed by atoms with E-state index in [2.05, 4.69) is 19.2 Å². The lowest BCUT2D eigenvalue weighted by atomic mass is 9.96. The summed E-state index contributed by atoms with van der Waals surface area (Å²) in [5.41, 5.74) is 3.21. The normalized spacial score (nSPS) is 10.6. The standard InChI is InChI=1S/C20H25NO3/c1-6-24-18-10-8-7-9-17(18)21-20(22)16-12-15(13(2)3)19(23-5)11-14(16)4/h7-13H,6H2,1-5H3,(H,21,22). The Kier molecular flexibility index (Phi) is 5.85. The summed E-state index contributed by atoms with van der Waals surface area (Å²) in [4.78, 5) is 12.8. The molecule has 1 amide bonds. The number of carbonyl (C=O) groups is 1. The Morgan fingerprint density at radius 1 is 1.17 bits per heavy atom. The van der Waals surface area contributed by atoms with Gasteiger partial charge in [-0.1, -0.05) is 26.0 Å². The number of ether oxygens (including phenoxy) is 2. The Balaban J connectivity index is 2.35. The van der Waals surface area contributed by atoms with Gasteiger partial charge in [-0.05, 0) is 55.2 Å². The molecule has 0 aliphatic heterocycles. The van der Waals surface area contributed by atoms with Gasteiger partial charge in [0.2, 0.25) is 0 Å². The molecule has 1 N–H and O–H groups in total. The van der Waals surface area contributed by atoms with Crippen LogP contribution in [0.5, 0.6) is 11.5 Å². The van der Waals surface area contributed by atoms with E-state index in [9.17, 15) is 4.79 Å². The highest BCUT2D eigenvalue weighted by atomic mass is 16.5. The largest absolute Gasteiger partial charge is 0.496 e. The number of methoxy groups -OCH3 is 1. The van der Waals surface area contributed by atoms with Crippen LogP contribution in [0.25, 0.3) is 0 Å². The lowest BCUT2D eigenvalue weighted by molar-refractivity contribution is 0.102. The van der Waals surface area contributed by atoms with Crippen LogP contribution in [-0.4, -0.2) is 19.6 Å². The summed E-state index contributed by atoms with van der Waals surface area (Å²) in [5, 5.41) is 2.95. The molecule has 128 valence electrons. The number of benzene rings is 2. The van der Waals surface area contributed by atoms with Crippen LogP contribution in [0, 0.1) is 6.92 Å². The predicted octanol–water partition coefficient (Wildman–Crippen LogP) is 4.78. The fourth-order valence-electron chi connectivity index (χ4n) is 2.61. The molecule has 0 unspecified atom stereocenters. The quantitative estimate of drug-likeness (QED) is 0.830. The molecule has 0 aliphatic rings. The van der Waals surface area contributed by atoms with Crippen molar-refractivity contribution in [3.63, 3.8) is 0 Å². The molecule has 0 aromatic heterocycles. The van der Waals surface area contributed by atoms with Gasteiger partial charge in [0, 0.05) is 5.56 Å². The van der Waals surface area contributed by atoms with Crippen LogP contribution in [0.4, 0.5) is 5.69 Å². The summed E-state index contributed by atoms with van der Waals surface area (Å²) in [6.45, 7) is 8.54. The minimum Gasteiger partial charge on any atom is -0.496 e. The SMILES string of the molecule is CCOc1ccccc1NC(=O)c1cc(C(C)C)c(OC)cc1C. The molecule has 4 nitrogen and oxygen atoms in total. The second-order valence-corrected chi connectivity index (χ2v) is 5.95. The number of hydrogen-bond acceptors (Lipinski definition) is 3. The van der Waals surface area contributed by atoms with Gasteiger partial charge in [0.05, 0.1) is 19.4 Å². The van der Waals surface area contributed by atoms with Crippen LogP contribution in [-0.2, 0) is 0 Å². The molecule has 0 heterocycles. The monoisotopic (exact) mass is 327 g/mol. The Morgan fingerprint density at radius 2 is 1.88 bits per heavy atom. The van der Waals surface area contributed by atoms with Crippen molar-refractivity contribution in [2.24, 2.45) is 0 Å². The number of amides is 1. The molecular weight excluding hydrogens is 302 g/mol. The van der Waals surface area contributed by atoms with Crippen molar-refractivity contribution in [2.75, 3.05) is 19.0 Å². The van der Waals surface area contributed by atoms with Crippen LogP contribution >= 0.6 is 0 Å². The Morgan fingerprint density at radius 3 is 2.50 bits per heavy atom. The van der Waals surface area contributed by atoms with Crippen molar-refractivity contribution in [2.45, 2.75) is 33.6 Å². The third-order valence-corrected chi connectivity index (χ3v) is 3.88. The van der Waals surface area contributed by atoms with Crippen molar-refractivity contribution in [3.05, 3.63) is 53.1 Å². The van der Waals surface area contributed by atoms with E-state index in [0.717, 1.165) is 16.9 Å². The van der Waals surface area contributed by atoms with Gasteiger partial charge >= 0.3 is 0 Å². The van der Waals surface area contributed by atoms with Gasteiger partial charge in [-0.15, -0.1) is 0 Å². The minimum atomic E-state index is -0.149. The molecule has 2 aromatic rings. The van der Waals surface area contributed by atoms with E-state index in [1.54, 1.807) is 7.11 Å². The zero-order valence-electron chi connectivity index (χ0n) is 15.0. The lowest BCUT2D eigenvalue weighted by Gasteiger charge is -2.17. The smallest absolute Gasteiger partial charge is 0.256 e. The van der Waals surface area contributed by atoms with Crippen molar-refractivity contribution in [1.82, 2.24) is 0 Å². The van der Waals surface area contributed by atoms with E-state index >= 15 is 0 Å². The molecule has 2 rings (SSSR count). The van der Waals surface area contributed by atoms with E-state index < -0.39 is 0 Å². The van der Waals surface area contributed by atoms with E-state index in [0.29, 0.717) is 23.6 Å². The fraction of sp³-hybridized carbons (Fsp3) is 0.350. The number of hydrogen-bond donors (Lipinski definition) is 1. The van der Waals surface area contributed by atoms with Crippen molar-refractivity contribution in [3.8, 4) is 11.5 Å². The summed E-state index contributed by atoms with van der Waals surface area (Å²) in [7, 11) is 1.65. The van der Waals surface area contributed by atoms with Crippen molar-refractivity contribution >= 4 is 11.6 Å². The Bertz CT molecular complexity index is 723. The van der Waals surface area contributed by atoms with Gasteiger partial charge in [-0.25, -0.2) is 0 Å². The Hall–Kier alpha value is -2.49. The second-order valence-electron chi connectivity index (χ2n) is 5.95. The van der Waals surface area contributed by atoms with Crippen LogP contribution < -0.4 is 14.8 Å². The molecule has 0 radical (unpaired) electrons. The second kappa shape index (κ2) is 7.86. The average molecular weight is 327 g/mol. The number of nitrogens with one attached hydrogen (secondary N) is 1. The van der Waals surface area contributed by atoms with E-state index in [-0.39, 0.29) is 11.8 Å². The number of anilines is 1. The number of para-hydroxylation sites is 2. The summed E-state index contributed by atoms with van der Waals surface area (Å²) in [5.74, 6) is 1.60. The average Bonchev–Trinajstić information content (AvgIpc) is 2.56. The van der Waals surface area contributed by atoms with Gasteiger partial charge < -0.3 is 14.8 Å². The zero-order valence-corrected chi connectivity index (χ0v) is 15.0. The van der Waals surface area contributed by atoms with E-state index in [1.165, 1.54) is 0 Å². The Labute approximate surface area is 143 Å². The van der Waals surface area contributed by atoms with E-state index in [4.69, 9.17) is 9.47 Å². The molecule has 0 spiro atoms. The summed E-state index contributed by atoms with van der Waals surface area (Å²) >= 11 is 0. The van der Waals surface area contributed by atoms with Gasteiger partial charge in [0.15, 0.2) is 0 Å². The summed E-state index contributed by atoms with van der Waals surface area (Å²) in [6, 6.07) is 11.3. The minimum absolute atomic E-state index is 0.149. The van der Waals surface area contributed by atoms with Crippen LogP contribution in [0.1, 0.15) is 48.2 Å². The van der Waals surface area contributed by atoms with Gasteiger partial charge in [0.1, 0.15) is 11.5 Å². The molecular formula is C20H25NO3. The number of aryl methyl sites for hydroxylation is 1. The highest BCUT2D eigenvalue weighted by Crippen LogP contribution is 2.31. The zero-order chi connectivity index (χ0) is 17.7. The summed E-state index contributed by atoms with van der Waals surface area (Å²) in [6.07, 6.45) is 0. The molecule has 0 bridgehead atoms. The third-order valence-electron chi connectivity index (χ3n) is 3.88. The van der Waals surface area contributed by atoms with Crippen LogP contribution in [0.2, 0.25) is 0 Å². The predicted molar refractivity (Wildman–Crippen MR) is 97.4 cm³/mol. The molecule has 0 saturated heterocycles. The topological polar surface area (TPSA) is 47.6 Å². The maximum atomic E-state index is 12.8. The molecule has 24 heavy (non-hydrogen) atoms. The first-order chi connectivity index (χ1) is 11.5. The molecule has 0 aliphatic carbocycles. The first-order valence-corrected chi connectivity index (χ1v) is 8.19. The maximum absolute atomic E-state index is 12.8. The lowest BCUT2D eigenvalue weighted by Crippen LogP contribution is -2.15. The maximum Gasteiger partial charge on any atom is 0.256 e. The van der Waals surface area contributed by atoms with E-state index in [1.807, 2.05) is 50.2 Å². The number of carbonyl (C=O) groups excluding carboxylic acids is 1. The molecule has 0 atom stereocenters. The highest BCUT2D eigenvalue weighted by Gasteiger charge is 2.17. The van der Waals surface area contributed by atoms with Gasteiger partial charge in [0.25, 0.3) is 5.91 Å². The van der Waals surface area contributed by atoms with Crippen LogP contribution in [0.15, 0.2) is 36.4 Å². The molecule has 2 aromatic carbocycles. The third kappa shape index (κ3) is 3.88. The molecule has 0 fully saturated rings. The first kappa shape index (κ1) is 17.9. The molecule has 0 saturated carbocycles. The highest BCUT2D eigenvalue weighted by molar-refractivity contribution is 6.06. The first-order valence-electron chi connectivity index (χ1n) is 8.19.